The van der Waals surface area contributed by atoms with Crippen LogP contribution in [-0.4, -0.2) is 80.7 Å². The maximum Gasteiger partial charge on any atom is 0.417 e. The van der Waals surface area contributed by atoms with Crippen LogP contribution in [0.2, 0.25) is 0 Å². The van der Waals surface area contributed by atoms with Crippen molar-refractivity contribution in [3.8, 4) is 0 Å². The zero-order chi connectivity index (χ0) is 35.2. The van der Waals surface area contributed by atoms with E-state index < -0.39 is 71.9 Å². The van der Waals surface area contributed by atoms with Crippen molar-refractivity contribution < 1.29 is 50.5 Å². The van der Waals surface area contributed by atoms with Crippen molar-refractivity contribution in [1.29, 1.82) is 0 Å². The van der Waals surface area contributed by atoms with Crippen LogP contribution in [0, 0.1) is 11.3 Å². The summed E-state index contributed by atoms with van der Waals surface area (Å²) in [6.45, 7) is 9.08. The molecule has 1 saturated heterocycles. The number of carbonyl (C=O) groups excluding carboxylic acids is 3. The summed E-state index contributed by atoms with van der Waals surface area (Å²) in [5, 5.41) is 7.10. The lowest BCUT2D eigenvalue weighted by Gasteiger charge is -2.33. The molecule has 3 heterocycles. The minimum absolute atomic E-state index is 0.121. The van der Waals surface area contributed by atoms with Crippen LogP contribution in [0.1, 0.15) is 90.9 Å². The van der Waals surface area contributed by atoms with Gasteiger partial charge < -0.3 is 19.5 Å². The number of hydrogen-bond donors (Lipinski definition) is 1. The number of halogens is 5. The van der Waals surface area contributed by atoms with E-state index in [-0.39, 0.29) is 48.6 Å². The van der Waals surface area contributed by atoms with Crippen LogP contribution in [-0.2, 0) is 25.4 Å². The van der Waals surface area contributed by atoms with Gasteiger partial charge in [-0.3, -0.25) is 4.79 Å². The molecule has 1 saturated carbocycles. The molecule has 47 heavy (non-hydrogen) atoms. The Labute approximate surface area is 269 Å². The number of likely N-dealkylation sites (tertiary alicyclic amines) is 1. The molecule has 1 unspecified atom stereocenters. The summed E-state index contributed by atoms with van der Waals surface area (Å²) >= 11 is 0. The van der Waals surface area contributed by atoms with Crippen LogP contribution >= 0.6 is 0 Å². The van der Waals surface area contributed by atoms with Gasteiger partial charge in [0.15, 0.2) is 5.65 Å². The molecule has 0 spiro atoms. The molecular formula is C31H42F5N5O6. The minimum atomic E-state index is -4.93. The van der Waals surface area contributed by atoms with E-state index >= 15 is 0 Å². The molecule has 1 aliphatic heterocycles. The highest BCUT2D eigenvalue weighted by Gasteiger charge is 2.62. The molecule has 4 rings (SSSR count). The summed E-state index contributed by atoms with van der Waals surface area (Å²) < 4.78 is 87.8. The van der Waals surface area contributed by atoms with Gasteiger partial charge in [-0.15, -0.1) is 0 Å². The Kier molecular flexibility index (Phi) is 9.88. The molecule has 2 aromatic rings. The summed E-state index contributed by atoms with van der Waals surface area (Å²) in [4.78, 5) is 44.0. The molecule has 1 aliphatic carbocycles. The van der Waals surface area contributed by atoms with Crippen molar-refractivity contribution in [2.24, 2.45) is 11.3 Å². The van der Waals surface area contributed by atoms with E-state index in [4.69, 9.17) is 14.2 Å². The van der Waals surface area contributed by atoms with E-state index in [2.05, 4.69) is 15.4 Å². The Morgan fingerprint density at radius 1 is 1.06 bits per heavy atom. The number of imidazole rings is 1. The van der Waals surface area contributed by atoms with Gasteiger partial charge in [-0.05, 0) is 84.8 Å². The molecule has 11 nitrogen and oxygen atoms in total. The highest BCUT2D eigenvalue weighted by molar-refractivity contribution is 5.98. The van der Waals surface area contributed by atoms with E-state index in [1.165, 1.54) is 50.9 Å². The lowest BCUT2D eigenvalue weighted by atomic mass is 9.80. The lowest BCUT2D eigenvalue weighted by Crippen LogP contribution is -2.49. The van der Waals surface area contributed by atoms with E-state index in [0.29, 0.717) is 11.3 Å². The Morgan fingerprint density at radius 2 is 1.68 bits per heavy atom. The van der Waals surface area contributed by atoms with Crippen LogP contribution in [0.4, 0.5) is 31.5 Å². The van der Waals surface area contributed by atoms with Crippen molar-refractivity contribution in [3.63, 3.8) is 0 Å². The molecule has 0 radical (unpaired) electrons. The molecule has 2 aromatic heterocycles. The summed E-state index contributed by atoms with van der Waals surface area (Å²) in [5.41, 5.74) is -2.85. The quantitative estimate of drug-likeness (QED) is 0.335. The Hall–Kier alpha value is -3.56. The fraction of sp³-hybridized carbons (Fsp3) is 0.710. The van der Waals surface area contributed by atoms with E-state index in [1.54, 1.807) is 20.8 Å². The van der Waals surface area contributed by atoms with Crippen molar-refractivity contribution in [1.82, 2.24) is 24.8 Å². The average Bonchev–Trinajstić information content (AvgIpc) is 3.44. The standard InChI is InChI=1S/C31H42F5N5O6/c1-27(2,3)46-25(43)39-23(19-8-10-30(32,33)11-9-19)20-16-40-22(38-20)12-18(15-37-40)13-29(17-45-7)14-21(31(34,35)36)41(24(29)42)26(44)47-28(4,5)6/h12,15-16,19,21,23H,8-11,13-14,17H2,1-7H3,(H,39,43)/t21-,23-,29?/m0/s1. The third-order valence-corrected chi connectivity index (χ3v) is 8.12. The molecular weight excluding hydrogens is 633 g/mol. The van der Waals surface area contributed by atoms with Crippen LogP contribution in [0.3, 0.4) is 0 Å². The van der Waals surface area contributed by atoms with Crippen LogP contribution in [0.15, 0.2) is 18.5 Å². The van der Waals surface area contributed by atoms with Gasteiger partial charge in [0.05, 0.1) is 36.2 Å². The topological polar surface area (TPSA) is 124 Å². The number of fused-ring (bicyclic) bond motifs is 1. The third-order valence-electron chi connectivity index (χ3n) is 8.12. The minimum Gasteiger partial charge on any atom is -0.444 e. The predicted octanol–water partition coefficient (Wildman–Crippen LogP) is 6.39. The number of imide groups is 1. The first-order valence-corrected chi connectivity index (χ1v) is 15.4. The molecule has 0 bridgehead atoms. The number of hydrogen-bond acceptors (Lipinski definition) is 8. The number of nitrogens with one attached hydrogen (secondary N) is 1. The lowest BCUT2D eigenvalue weighted by molar-refractivity contribution is -0.177. The number of nitrogens with zero attached hydrogens (tertiary/aromatic N) is 4. The third kappa shape index (κ3) is 8.68. The second-order valence-corrected chi connectivity index (χ2v) is 14.5. The number of alkyl halides is 5. The maximum atomic E-state index is 14.2. The molecule has 1 N–H and O–H groups in total. The number of ether oxygens (including phenoxy) is 3. The van der Waals surface area contributed by atoms with Crippen molar-refractivity contribution >= 4 is 23.7 Å². The first kappa shape index (κ1) is 36.3. The van der Waals surface area contributed by atoms with E-state index in [0.717, 1.165) is 0 Å². The van der Waals surface area contributed by atoms with Gasteiger partial charge in [0.2, 0.25) is 11.8 Å². The highest BCUT2D eigenvalue weighted by Crippen LogP contribution is 2.46. The molecule has 262 valence electrons. The fourth-order valence-corrected chi connectivity index (χ4v) is 6.16. The SMILES string of the molecule is COCC1(Cc2cnn3cc([C@@H](NC(=O)OC(C)(C)C)C4CCC(F)(F)CC4)nc3c2)C[C@@H](C(F)(F)F)N(C(=O)OC(C)(C)C)C1=O. The summed E-state index contributed by atoms with van der Waals surface area (Å²) in [7, 11) is 1.25. The number of carbonyl (C=O) groups is 3. The fourth-order valence-electron chi connectivity index (χ4n) is 6.16. The maximum absolute atomic E-state index is 14.2. The smallest absolute Gasteiger partial charge is 0.417 e. The monoisotopic (exact) mass is 675 g/mol. The average molecular weight is 676 g/mol. The zero-order valence-electron chi connectivity index (χ0n) is 27.5. The number of alkyl carbamates (subject to hydrolysis) is 1. The highest BCUT2D eigenvalue weighted by atomic mass is 19.4. The molecule has 0 aromatic carbocycles. The number of rotatable bonds is 7. The van der Waals surface area contributed by atoms with Crippen molar-refractivity contribution in [2.45, 2.75) is 115 Å². The van der Waals surface area contributed by atoms with Gasteiger partial charge in [0, 0.05) is 20.0 Å². The molecule has 3 amide bonds. The first-order chi connectivity index (χ1) is 21.5. The predicted molar refractivity (Wildman–Crippen MR) is 158 cm³/mol. The van der Waals surface area contributed by atoms with E-state index in [1.807, 2.05) is 0 Å². The molecule has 2 fully saturated rings. The zero-order valence-corrected chi connectivity index (χ0v) is 27.5. The number of aromatic nitrogens is 3. The summed E-state index contributed by atoms with van der Waals surface area (Å²) in [5.74, 6) is -4.27. The summed E-state index contributed by atoms with van der Waals surface area (Å²) in [6, 6.07) is -1.70. The van der Waals surface area contributed by atoms with Crippen molar-refractivity contribution in [3.05, 3.63) is 29.7 Å². The van der Waals surface area contributed by atoms with Gasteiger partial charge >= 0.3 is 18.4 Å². The normalized spacial score (nSPS) is 23.2. The molecule has 16 heteroatoms. The summed E-state index contributed by atoms with van der Waals surface area (Å²) in [6.07, 6.45) is -5.69. The van der Waals surface area contributed by atoms with Gasteiger partial charge in [-0.2, -0.15) is 18.3 Å². The number of methoxy groups -OCH3 is 1. The first-order valence-electron chi connectivity index (χ1n) is 15.4. The van der Waals surface area contributed by atoms with Crippen LogP contribution in [0.25, 0.3) is 5.65 Å². The molecule has 2 aliphatic rings. The van der Waals surface area contributed by atoms with Crippen molar-refractivity contribution in [2.75, 3.05) is 13.7 Å². The second kappa shape index (κ2) is 12.8. The Bertz CT molecular complexity index is 1470. The van der Waals surface area contributed by atoms with Crippen LogP contribution in [0.5, 0.6) is 0 Å². The van der Waals surface area contributed by atoms with Gasteiger partial charge in [-0.25, -0.2) is 32.8 Å². The Balaban J connectivity index is 1.66. The van der Waals surface area contributed by atoms with Gasteiger partial charge in [0.1, 0.15) is 17.2 Å². The van der Waals surface area contributed by atoms with E-state index in [9.17, 15) is 36.3 Å². The van der Waals surface area contributed by atoms with Crippen LogP contribution < -0.4 is 5.32 Å². The number of amides is 3. The Morgan fingerprint density at radius 3 is 2.23 bits per heavy atom. The largest absolute Gasteiger partial charge is 0.444 e. The van der Waals surface area contributed by atoms with Gasteiger partial charge in [0.25, 0.3) is 0 Å². The second-order valence-electron chi connectivity index (χ2n) is 14.5. The van der Waals surface area contributed by atoms with Gasteiger partial charge in [-0.1, -0.05) is 0 Å². The molecule has 3 atom stereocenters.